The quantitative estimate of drug-likeness (QED) is 0.359. The molecule has 0 N–H and O–H groups in total. The maximum atomic E-state index is 11.7. The fourth-order valence-electron chi connectivity index (χ4n) is 2.07. The van der Waals surface area contributed by atoms with Gasteiger partial charge in [0.2, 0.25) is 5.24 Å². The minimum atomic E-state index is -0.439. The van der Waals surface area contributed by atoms with Crippen LogP contribution in [0.3, 0.4) is 0 Å². The molecule has 4 nitrogen and oxygen atoms in total. The van der Waals surface area contributed by atoms with Crippen LogP contribution in [0.25, 0.3) is 0 Å². The van der Waals surface area contributed by atoms with E-state index in [9.17, 15) is 14.4 Å². The van der Waals surface area contributed by atoms with E-state index in [0.29, 0.717) is 19.3 Å². The van der Waals surface area contributed by atoms with Crippen molar-refractivity contribution in [1.29, 1.82) is 0 Å². The van der Waals surface area contributed by atoms with Crippen LogP contribution >= 0.6 is 23.4 Å². The van der Waals surface area contributed by atoms with Crippen LogP contribution in [0.15, 0.2) is 30.3 Å². The molecular weight excluding hydrogens is 336 g/mol. The van der Waals surface area contributed by atoms with Crippen LogP contribution in [0.2, 0.25) is 0 Å². The van der Waals surface area contributed by atoms with Crippen molar-refractivity contribution in [3.8, 4) is 0 Å². The molecule has 126 valence electrons. The molecule has 0 aliphatic carbocycles. The number of thioether (sulfide) groups is 1. The number of esters is 1. The van der Waals surface area contributed by atoms with Crippen LogP contribution < -0.4 is 0 Å². The molecule has 1 atom stereocenters. The number of hydrogen-bond donors (Lipinski definition) is 0. The summed E-state index contributed by atoms with van der Waals surface area (Å²) in [5.41, 5.74) is 0.958. The predicted molar refractivity (Wildman–Crippen MR) is 92.2 cm³/mol. The summed E-state index contributed by atoms with van der Waals surface area (Å²) in [7, 11) is 0. The van der Waals surface area contributed by atoms with E-state index < -0.39 is 5.24 Å². The summed E-state index contributed by atoms with van der Waals surface area (Å²) in [6, 6.07) is 9.51. The Bertz CT molecular complexity index is 503. The fourth-order valence-corrected chi connectivity index (χ4v) is 3.33. The Hall–Kier alpha value is -1.33. The molecule has 6 heteroatoms. The van der Waals surface area contributed by atoms with Crippen molar-refractivity contribution < 1.29 is 19.1 Å². The third kappa shape index (κ3) is 10.1. The second kappa shape index (κ2) is 11.2. The van der Waals surface area contributed by atoms with Gasteiger partial charge in [0.25, 0.3) is 0 Å². The molecule has 0 saturated carbocycles. The normalized spacial score (nSPS) is 11.7. The summed E-state index contributed by atoms with van der Waals surface area (Å²) >= 11 is 6.51. The summed E-state index contributed by atoms with van der Waals surface area (Å²) in [6.07, 6.45) is 2.59. The molecule has 1 rings (SSSR count). The average Bonchev–Trinajstić information content (AvgIpc) is 2.49. The van der Waals surface area contributed by atoms with E-state index in [1.54, 1.807) is 0 Å². The van der Waals surface area contributed by atoms with E-state index in [2.05, 4.69) is 0 Å². The largest absolute Gasteiger partial charge is 0.461 e. The fraction of sp³-hybridized carbons (Fsp3) is 0.471. The van der Waals surface area contributed by atoms with E-state index >= 15 is 0 Å². The highest BCUT2D eigenvalue weighted by Crippen LogP contribution is 2.23. The molecule has 0 radical (unpaired) electrons. The van der Waals surface area contributed by atoms with Gasteiger partial charge >= 0.3 is 5.97 Å². The second-order valence-electron chi connectivity index (χ2n) is 5.18. The van der Waals surface area contributed by atoms with Gasteiger partial charge < -0.3 is 4.74 Å². The summed E-state index contributed by atoms with van der Waals surface area (Å²) in [6.45, 7) is 1.75. The van der Waals surface area contributed by atoms with E-state index in [0.717, 1.165) is 23.7 Å². The second-order valence-corrected chi connectivity index (χ2v) is 7.08. The van der Waals surface area contributed by atoms with Gasteiger partial charge in [0.15, 0.2) is 5.12 Å². The Labute approximate surface area is 145 Å². The molecule has 23 heavy (non-hydrogen) atoms. The zero-order valence-electron chi connectivity index (χ0n) is 13.1. The van der Waals surface area contributed by atoms with E-state index in [1.165, 1.54) is 6.92 Å². The highest BCUT2D eigenvalue weighted by atomic mass is 35.5. The third-order valence-corrected chi connectivity index (χ3v) is 4.34. The highest BCUT2D eigenvalue weighted by Gasteiger charge is 2.15. The lowest BCUT2D eigenvalue weighted by atomic mass is 10.1. The SMILES string of the molecule is CC(=O)SC(CCCCC(=O)OCc1ccccc1)CC(=O)Cl. The van der Waals surface area contributed by atoms with Gasteiger partial charge in [-0.1, -0.05) is 48.5 Å². The van der Waals surface area contributed by atoms with Crippen LogP contribution in [0.4, 0.5) is 0 Å². The number of halogens is 1. The molecular formula is C17H21ClO4S. The third-order valence-electron chi connectivity index (χ3n) is 3.12. The van der Waals surface area contributed by atoms with Gasteiger partial charge in [0.1, 0.15) is 6.61 Å². The average molecular weight is 357 g/mol. The molecule has 1 aromatic rings. The van der Waals surface area contributed by atoms with Gasteiger partial charge in [0.05, 0.1) is 0 Å². The molecule has 0 saturated heterocycles. The van der Waals surface area contributed by atoms with E-state index in [1.807, 2.05) is 30.3 Å². The van der Waals surface area contributed by atoms with Crippen LogP contribution in [0.5, 0.6) is 0 Å². The molecule has 0 aliphatic heterocycles. The lowest BCUT2D eigenvalue weighted by Gasteiger charge is -2.12. The van der Waals surface area contributed by atoms with Gasteiger partial charge in [0, 0.05) is 25.0 Å². The Kier molecular flexibility index (Phi) is 9.64. The highest BCUT2D eigenvalue weighted by molar-refractivity contribution is 8.14. The zero-order chi connectivity index (χ0) is 17.1. The zero-order valence-corrected chi connectivity index (χ0v) is 14.7. The standard InChI is InChI=1S/C17H21ClO4S/c1-13(19)23-15(11-16(18)20)9-5-6-10-17(21)22-12-14-7-3-2-4-8-14/h2-4,7-8,15H,5-6,9-12H2,1H3. The number of ether oxygens (including phenoxy) is 1. The number of carbonyl (C=O) groups is 3. The molecule has 0 aromatic heterocycles. The summed E-state index contributed by atoms with van der Waals surface area (Å²) in [5, 5.41) is -0.584. The van der Waals surface area contributed by atoms with Gasteiger partial charge in [-0.25, -0.2) is 0 Å². The molecule has 1 unspecified atom stereocenters. The number of hydrogen-bond acceptors (Lipinski definition) is 5. The van der Waals surface area contributed by atoms with Gasteiger partial charge in [-0.15, -0.1) is 0 Å². The van der Waals surface area contributed by atoms with Crippen molar-refractivity contribution in [3.05, 3.63) is 35.9 Å². The number of carbonyl (C=O) groups excluding carboxylic acids is 3. The molecule has 0 fully saturated rings. The first-order valence-electron chi connectivity index (χ1n) is 7.52. The van der Waals surface area contributed by atoms with Crippen molar-refractivity contribution in [2.75, 3.05) is 0 Å². The van der Waals surface area contributed by atoms with Gasteiger partial charge in [-0.05, 0) is 30.0 Å². The smallest absolute Gasteiger partial charge is 0.306 e. The molecule has 0 bridgehead atoms. The van der Waals surface area contributed by atoms with Crippen molar-refractivity contribution >= 4 is 39.7 Å². The number of benzene rings is 1. The monoisotopic (exact) mass is 356 g/mol. The van der Waals surface area contributed by atoms with E-state index in [-0.39, 0.29) is 29.4 Å². The molecule has 0 heterocycles. The van der Waals surface area contributed by atoms with Crippen LogP contribution in [-0.2, 0) is 25.7 Å². The Morgan fingerprint density at radius 1 is 1.17 bits per heavy atom. The Morgan fingerprint density at radius 3 is 2.48 bits per heavy atom. The summed E-state index contributed by atoms with van der Waals surface area (Å²) < 4.78 is 5.19. The van der Waals surface area contributed by atoms with Gasteiger partial charge in [-0.3, -0.25) is 14.4 Å². The van der Waals surface area contributed by atoms with Crippen molar-refractivity contribution in [2.45, 2.75) is 50.9 Å². The van der Waals surface area contributed by atoms with Crippen molar-refractivity contribution in [2.24, 2.45) is 0 Å². The lowest BCUT2D eigenvalue weighted by Crippen LogP contribution is -2.10. The molecule has 0 spiro atoms. The molecule has 1 aromatic carbocycles. The predicted octanol–water partition coefficient (Wildman–Crippen LogP) is 4.09. The summed E-state index contributed by atoms with van der Waals surface area (Å²) in [4.78, 5) is 33.8. The van der Waals surface area contributed by atoms with Crippen molar-refractivity contribution in [1.82, 2.24) is 0 Å². The van der Waals surface area contributed by atoms with E-state index in [4.69, 9.17) is 16.3 Å². The van der Waals surface area contributed by atoms with Crippen LogP contribution in [0.1, 0.15) is 44.6 Å². The van der Waals surface area contributed by atoms with Crippen LogP contribution in [0, 0.1) is 0 Å². The molecule has 0 aliphatic rings. The maximum absolute atomic E-state index is 11.7. The Morgan fingerprint density at radius 2 is 1.87 bits per heavy atom. The lowest BCUT2D eigenvalue weighted by molar-refractivity contribution is -0.145. The molecule has 0 amide bonds. The van der Waals surface area contributed by atoms with Gasteiger partial charge in [-0.2, -0.15) is 0 Å². The van der Waals surface area contributed by atoms with Crippen molar-refractivity contribution in [3.63, 3.8) is 0 Å². The summed E-state index contributed by atoms with van der Waals surface area (Å²) in [5.74, 6) is -0.238. The number of unbranched alkanes of at least 4 members (excludes halogenated alkanes) is 1. The first-order chi connectivity index (χ1) is 11.0. The minimum Gasteiger partial charge on any atom is -0.461 e. The first kappa shape index (κ1) is 19.7. The maximum Gasteiger partial charge on any atom is 0.306 e. The number of rotatable bonds is 10. The van der Waals surface area contributed by atoms with Crippen LogP contribution in [-0.4, -0.2) is 21.6 Å². The minimum absolute atomic E-state index is 0.0322. The first-order valence-corrected chi connectivity index (χ1v) is 8.78. The Balaban J connectivity index is 2.20. The topological polar surface area (TPSA) is 60.4 Å².